The van der Waals surface area contributed by atoms with Gasteiger partial charge in [-0.2, -0.15) is 0 Å². The fourth-order valence-corrected chi connectivity index (χ4v) is 3.07. The van der Waals surface area contributed by atoms with Crippen LogP contribution in [0.1, 0.15) is 37.4 Å². The number of halogens is 2. The quantitative estimate of drug-likeness (QED) is 0.721. The van der Waals surface area contributed by atoms with Crippen molar-refractivity contribution in [1.82, 2.24) is 9.80 Å². The lowest BCUT2D eigenvalue weighted by Gasteiger charge is -2.22. The summed E-state index contributed by atoms with van der Waals surface area (Å²) in [6.45, 7) is 11.5. The third-order valence-corrected chi connectivity index (χ3v) is 4.81. The Labute approximate surface area is 170 Å². The van der Waals surface area contributed by atoms with E-state index in [1.54, 1.807) is 0 Å². The van der Waals surface area contributed by atoms with Crippen molar-refractivity contribution < 1.29 is 9.53 Å². The Morgan fingerprint density at radius 3 is 2.46 bits per heavy atom. The van der Waals surface area contributed by atoms with Gasteiger partial charge >= 0.3 is 0 Å². The number of hydrogen-bond acceptors (Lipinski definition) is 4. The highest BCUT2D eigenvalue weighted by Gasteiger charge is 2.30. The molecule has 1 aromatic carbocycles. The first-order chi connectivity index (χ1) is 11.5. The van der Waals surface area contributed by atoms with Gasteiger partial charge in [0.05, 0.1) is 12.7 Å². The molecule has 1 aliphatic rings. The Morgan fingerprint density at radius 1 is 1.27 bits per heavy atom. The van der Waals surface area contributed by atoms with Crippen molar-refractivity contribution in [1.29, 1.82) is 0 Å². The van der Waals surface area contributed by atoms with E-state index < -0.39 is 6.04 Å². The van der Waals surface area contributed by atoms with E-state index in [1.807, 2.05) is 36.1 Å². The molecule has 0 saturated carbocycles. The molecule has 1 aromatic rings. The van der Waals surface area contributed by atoms with E-state index in [1.165, 1.54) is 5.56 Å². The number of hydrogen-bond donors (Lipinski definition) is 1. The molecular weight excluding hydrogens is 373 g/mol. The average molecular weight is 406 g/mol. The summed E-state index contributed by atoms with van der Waals surface area (Å²) in [5.41, 5.74) is 8.19. The molecule has 0 radical (unpaired) electrons. The molecule has 7 heteroatoms. The lowest BCUT2D eigenvalue weighted by atomic mass is 10.1. The average Bonchev–Trinajstić information content (AvgIpc) is 3.07. The van der Waals surface area contributed by atoms with Crippen LogP contribution in [-0.2, 0) is 9.53 Å². The van der Waals surface area contributed by atoms with Gasteiger partial charge in [-0.05, 0) is 32.0 Å². The van der Waals surface area contributed by atoms with Gasteiger partial charge in [-0.1, -0.05) is 43.7 Å². The van der Waals surface area contributed by atoms with Gasteiger partial charge in [0, 0.05) is 19.6 Å². The summed E-state index contributed by atoms with van der Waals surface area (Å²) in [4.78, 5) is 16.8. The van der Waals surface area contributed by atoms with Crippen LogP contribution in [0.15, 0.2) is 24.3 Å². The van der Waals surface area contributed by atoms with Gasteiger partial charge in [0.2, 0.25) is 5.91 Å². The maximum atomic E-state index is 12.6. The summed E-state index contributed by atoms with van der Waals surface area (Å²) in [5.74, 6) is -0.00584. The number of nitrogens with two attached hydrogens (primary N) is 1. The SMILES string of the molecule is CCN(CC)CCOC1CCN(C(=O)C(N)c2ccc(C)cc2)C1.Cl.Cl. The van der Waals surface area contributed by atoms with Gasteiger partial charge in [0.15, 0.2) is 0 Å². The molecule has 2 N–H and O–H groups in total. The molecule has 26 heavy (non-hydrogen) atoms. The number of carbonyl (C=O) groups is 1. The normalized spacial score (nSPS) is 17.6. The highest BCUT2D eigenvalue weighted by atomic mass is 35.5. The lowest BCUT2D eigenvalue weighted by molar-refractivity contribution is -0.132. The van der Waals surface area contributed by atoms with Crippen molar-refractivity contribution in [2.24, 2.45) is 5.73 Å². The Kier molecular flexibility index (Phi) is 12.1. The zero-order valence-electron chi connectivity index (χ0n) is 16.0. The lowest BCUT2D eigenvalue weighted by Crippen LogP contribution is -2.38. The minimum Gasteiger partial charge on any atom is -0.375 e. The minimum atomic E-state index is -0.583. The van der Waals surface area contributed by atoms with E-state index in [0.717, 1.165) is 44.8 Å². The third-order valence-electron chi connectivity index (χ3n) is 4.81. The van der Waals surface area contributed by atoms with Gasteiger partial charge in [0.25, 0.3) is 0 Å². The summed E-state index contributed by atoms with van der Waals surface area (Å²) in [6, 6.07) is 7.27. The van der Waals surface area contributed by atoms with Crippen LogP contribution >= 0.6 is 24.8 Å². The van der Waals surface area contributed by atoms with Gasteiger partial charge < -0.3 is 20.3 Å². The van der Waals surface area contributed by atoms with Crippen LogP contribution in [0.5, 0.6) is 0 Å². The van der Waals surface area contributed by atoms with Crippen LogP contribution in [0.25, 0.3) is 0 Å². The van der Waals surface area contributed by atoms with Crippen LogP contribution in [0.4, 0.5) is 0 Å². The largest absolute Gasteiger partial charge is 0.375 e. The number of rotatable bonds is 8. The second-order valence-electron chi connectivity index (χ2n) is 6.48. The molecule has 0 aliphatic carbocycles. The van der Waals surface area contributed by atoms with Crippen molar-refractivity contribution in [2.45, 2.75) is 39.3 Å². The zero-order chi connectivity index (χ0) is 17.5. The van der Waals surface area contributed by atoms with Crippen LogP contribution in [-0.4, -0.2) is 61.1 Å². The van der Waals surface area contributed by atoms with E-state index in [-0.39, 0.29) is 36.8 Å². The molecular formula is C19H33Cl2N3O2. The Morgan fingerprint density at radius 2 is 1.88 bits per heavy atom. The van der Waals surface area contributed by atoms with Gasteiger partial charge in [0.1, 0.15) is 6.04 Å². The van der Waals surface area contributed by atoms with E-state index >= 15 is 0 Å². The molecule has 1 aliphatic heterocycles. The molecule has 1 heterocycles. The molecule has 5 nitrogen and oxygen atoms in total. The van der Waals surface area contributed by atoms with Crippen molar-refractivity contribution in [3.05, 3.63) is 35.4 Å². The van der Waals surface area contributed by atoms with E-state index in [2.05, 4.69) is 18.7 Å². The van der Waals surface area contributed by atoms with Gasteiger partial charge in [-0.3, -0.25) is 4.79 Å². The van der Waals surface area contributed by atoms with E-state index in [0.29, 0.717) is 6.54 Å². The Bertz CT molecular complexity index is 524. The first kappa shape index (κ1) is 25.1. The summed E-state index contributed by atoms with van der Waals surface area (Å²) in [7, 11) is 0. The monoisotopic (exact) mass is 405 g/mol. The standard InChI is InChI=1S/C19H31N3O2.2ClH/c1-4-21(5-2)12-13-24-17-10-11-22(14-17)19(23)18(20)16-8-6-15(3)7-9-16;;/h6-9,17-18H,4-5,10-14,20H2,1-3H3;2*1H. The topological polar surface area (TPSA) is 58.8 Å². The van der Waals surface area contributed by atoms with E-state index in [9.17, 15) is 4.79 Å². The molecule has 0 spiro atoms. The summed E-state index contributed by atoms with van der Waals surface area (Å²) >= 11 is 0. The molecule has 1 fully saturated rings. The molecule has 0 aromatic heterocycles. The first-order valence-corrected chi connectivity index (χ1v) is 9.00. The predicted molar refractivity (Wildman–Crippen MR) is 111 cm³/mol. The highest BCUT2D eigenvalue weighted by Crippen LogP contribution is 2.19. The predicted octanol–water partition coefficient (Wildman–Crippen LogP) is 2.80. The fourth-order valence-electron chi connectivity index (χ4n) is 3.07. The number of benzene rings is 1. The third kappa shape index (κ3) is 7.05. The van der Waals surface area contributed by atoms with Crippen molar-refractivity contribution in [3.8, 4) is 0 Å². The zero-order valence-corrected chi connectivity index (χ0v) is 17.7. The number of carbonyl (C=O) groups excluding carboxylic acids is 1. The first-order valence-electron chi connectivity index (χ1n) is 9.00. The molecule has 2 unspecified atom stereocenters. The molecule has 150 valence electrons. The highest BCUT2D eigenvalue weighted by molar-refractivity contribution is 5.85. The smallest absolute Gasteiger partial charge is 0.244 e. The van der Waals surface area contributed by atoms with E-state index in [4.69, 9.17) is 10.5 Å². The maximum Gasteiger partial charge on any atom is 0.244 e. The molecule has 2 rings (SSSR count). The number of likely N-dealkylation sites (tertiary alicyclic amines) is 1. The van der Waals surface area contributed by atoms with Crippen LogP contribution in [0.3, 0.4) is 0 Å². The maximum absolute atomic E-state index is 12.6. The number of ether oxygens (including phenoxy) is 1. The molecule has 2 atom stereocenters. The van der Waals surface area contributed by atoms with Gasteiger partial charge in [-0.25, -0.2) is 0 Å². The minimum absolute atomic E-state index is 0. The molecule has 1 saturated heterocycles. The summed E-state index contributed by atoms with van der Waals surface area (Å²) in [5, 5.41) is 0. The number of likely N-dealkylation sites (N-methyl/N-ethyl adjacent to an activating group) is 1. The second kappa shape index (κ2) is 12.5. The second-order valence-corrected chi connectivity index (χ2v) is 6.48. The number of nitrogens with zero attached hydrogens (tertiary/aromatic N) is 2. The Hall–Kier alpha value is -0.850. The Balaban J connectivity index is 0.00000312. The fraction of sp³-hybridized carbons (Fsp3) is 0.632. The number of amides is 1. The van der Waals surface area contributed by atoms with Crippen molar-refractivity contribution >= 4 is 30.7 Å². The molecule has 0 bridgehead atoms. The van der Waals surface area contributed by atoms with Crippen molar-refractivity contribution in [3.63, 3.8) is 0 Å². The summed E-state index contributed by atoms with van der Waals surface area (Å²) < 4.78 is 5.94. The van der Waals surface area contributed by atoms with Crippen molar-refractivity contribution in [2.75, 3.05) is 39.3 Å². The van der Waals surface area contributed by atoms with Crippen LogP contribution < -0.4 is 5.73 Å². The van der Waals surface area contributed by atoms with Crippen LogP contribution in [0.2, 0.25) is 0 Å². The van der Waals surface area contributed by atoms with Gasteiger partial charge in [-0.15, -0.1) is 24.8 Å². The molecule has 1 amide bonds. The summed E-state index contributed by atoms with van der Waals surface area (Å²) in [6.07, 6.45) is 1.03. The van der Waals surface area contributed by atoms with Crippen LogP contribution in [0, 0.1) is 6.92 Å². The number of aryl methyl sites for hydroxylation is 1.